The first-order chi connectivity index (χ1) is 34.5. The van der Waals surface area contributed by atoms with Crippen LogP contribution < -0.4 is 10.6 Å². The van der Waals surface area contributed by atoms with Gasteiger partial charge in [0.05, 0.1) is 51.0 Å². The van der Waals surface area contributed by atoms with Crippen molar-refractivity contribution in [3.63, 3.8) is 0 Å². The molecule has 12 N–H and O–H groups in total. The molecule has 0 spiro atoms. The Morgan fingerprint density at radius 1 is 0.528 bits per heavy atom. The first-order valence-corrected chi connectivity index (χ1v) is 27.6. The summed E-state index contributed by atoms with van der Waals surface area (Å²) < 4.78 is 47.2. The summed E-state index contributed by atoms with van der Waals surface area (Å²) in [7, 11) is 0. The number of carbonyl (C=O) groups is 1. The maximum absolute atomic E-state index is 13.4. The molecular weight excluding hydrogens is 987 g/mol. The number of aliphatic hydroxyl groups is 10. The number of rotatable bonds is 21. The quantitative estimate of drug-likeness (QED) is 0.0362. The third-order valence-electron chi connectivity index (χ3n) is 14.2. The highest BCUT2D eigenvalue weighted by molar-refractivity contribution is 7.99. The van der Waals surface area contributed by atoms with Gasteiger partial charge in [0.15, 0.2) is 25.2 Å². The minimum atomic E-state index is -1.52. The lowest BCUT2D eigenvalue weighted by Gasteiger charge is -2.47. The molecule has 20 atom stereocenters. The predicted octanol–water partition coefficient (Wildman–Crippen LogP) is -1.29. The lowest BCUT2D eigenvalue weighted by atomic mass is 9.85. The Hall–Kier alpha value is -1.73. The number of hydrogen-bond donors (Lipinski definition) is 12. The zero-order valence-corrected chi connectivity index (χ0v) is 42.9. The van der Waals surface area contributed by atoms with E-state index in [1.165, 1.54) is 0 Å². The number of thioether (sulfide) groups is 2. The minimum Gasteiger partial charge on any atom is -0.394 e. The monoisotopic (exact) mass is 1070 g/mol. The summed E-state index contributed by atoms with van der Waals surface area (Å²) in [6.45, 7) is 13.8. The van der Waals surface area contributed by atoms with Crippen molar-refractivity contribution in [2.75, 3.05) is 62.8 Å². The van der Waals surface area contributed by atoms with Crippen LogP contribution in [-0.2, 0) is 42.7 Å². The minimum absolute atomic E-state index is 0.104. The second-order valence-corrected chi connectivity index (χ2v) is 21.9. The van der Waals surface area contributed by atoms with Crippen LogP contribution in [0.5, 0.6) is 0 Å². The Morgan fingerprint density at radius 2 is 0.931 bits per heavy atom. The van der Waals surface area contributed by atoms with Crippen molar-refractivity contribution in [1.29, 1.82) is 0 Å². The number of allylic oxidation sites excluding steroid dienone is 3. The van der Waals surface area contributed by atoms with Crippen LogP contribution in [0.2, 0.25) is 0 Å². The largest absolute Gasteiger partial charge is 0.394 e. The number of nitrogens with zero attached hydrogens (tertiary/aromatic N) is 1. The number of hydrogen-bond acceptors (Lipinski definition) is 23. The highest BCUT2D eigenvalue weighted by atomic mass is 32.2. The van der Waals surface area contributed by atoms with Gasteiger partial charge in [0.25, 0.3) is 0 Å². The number of nitrogens with one attached hydrogen (secondary N) is 2. The highest BCUT2D eigenvalue weighted by Crippen LogP contribution is 2.38. The Bertz CT molecular complexity index is 1610. The van der Waals surface area contributed by atoms with Gasteiger partial charge in [-0.1, -0.05) is 31.6 Å². The summed E-state index contributed by atoms with van der Waals surface area (Å²) >= 11 is 3.11. The number of carbonyl (C=O) groups excluding carboxylic acids is 1. The molecule has 0 radical (unpaired) electrons. The van der Waals surface area contributed by atoms with Crippen LogP contribution in [0.15, 0.2) is 36.7 Å². The van der Waals surface area contributed by atoms with E-state index in [0.717, 1.165) is 5.57 Å². The van der Waals surface area contributed by atoms with E-state index in [0.29, 0.717) is 92.2 Å². The van der Waals surface area contributed by atoms with Crippen LogP contribution in [0.25, 0.3) is 0 Å². The van der Waals surface area contributed by atoms with E-state index in [4.69, 9.17) is 37.9 Å². The van der Waals surface area contributed by atoms with Crippen molar-refractivity contribution in [1.82, 2.24) is 15.5 Å². The van der Waals surface area contributed by atoms with Gasteiger partial charge in [-0.3, -0.25) is 4.79 Å². The first kappa shape index (κ1) is 59.5. The summed E-state index contributed by atoms with van der Waals surface area (Å²) in [6, 6.07) is 0. The van der Waals surface area contributed by atoms with E-state index in [1.807, 2.05) is 6.92 Å². The van der Waals surface area contributed by atoms with Crippen molar-refractivity contribution in [3.05, 3.63) is 36.7 Å². The van der Waals surface area contributed by atoms with Crippen LogP contribution in [0.3, 0.4) is 0 Å². The van der Waals surface area contributed by atoms with Gasteiger partial charge in [0, 0.05) is 54.4 Å². The molecule has 24 heteroatoms. The maximum Gasteiger partial charge on any atom is 0.225 e. The van der Waals surface area contributed by atoms with Crippen molar-refractivity contribution in [2.24, 2.45) is 11.8 Å². The zero-order chi connectivity index (χ0) is 52.1. The maximum atomic E-state index is 13.4. The molecule has 72 heavy (non-hydrogen) atoms. The lowest BCUT2D eigenvalue weighted by Crippen LogP contribution is -2.63. The van der Waals surface area contributed by atoms with Gasteiger partial charge in [0.1, 0.15) is 61.0 Å². The van der Waals surface area contributed by atoms with Crippen LogP contribution in [-0.4, -0.2) is 235 Å². The van der Waals surface area contributed by atoms with Gasteiger partial charge in [0.2, 0.25) is 5.91 Å². The molecule has 0 aromatic heterocycles. The predicted molar refractivity (Wildman–Crippen MR) is 262 cm³/mol. The molecule has 8 bridgehead atoms. The molecule has 12 heterocycles. The van der Waals surface area contributed by atoms with E-state index in [9.17, 15) is 55.9 Å². The highest BCUT2D eigenvalue weighted by Gasteiger charge is 2.53. The Morgan fingerprint density at radius 3 is 1.33 bits per heavy atom. The van der Waals surface area contributed by atoms with E-state index in [1.54, 1.807) is 28.4 Å². The summed E-state index contributed by atoms with van der Waals surface area (Å²) in [5, 5.41) is 115. The summed E-state index contributed by atoms with van der Waals surface area (Å²) in [5.41, 5.74) is 2.26. The summed E-state index contributed by atoms with van der Waals surface area (Å²) in [5.74, 6) is 1.09. The van der Waals surface area contributed by atoms with Crippen molar-refractivity contribution < 1.29 is 93.8 Å². The van der Waals surface area contributed by atoms with E-state index in [-0.39, 0.29) is 38.9 Å². The Balaban J connectivity index is 0.962. The van der Waals surface area contributed by atoms with Crippen LogP contribution in [0, 0.1) is 11.8 Å². The molecule has 12 saturated heterocycles. The first-order valence-electron chi connectivity index (χ1n) is 25.3. The fraction of sp³-hybridized carbons (Fsp3) is 0.854. The van der Waals surface area contributed by atoms with Crippen LogP contribution in [0.4, 0.5) is 0 Å². The third-order valence-corrected chi connectivity index (χ3v) is 16.3. The van der Waals surface area contributed by atoms with Gasteiger partial charge >= 0.3 is 0 Å². The molecule has 12 rings (SSSR count). The lowest BCUT2D eigenvalue weighted by molar-refractivity contribution is -0.354. The van der Waals surface area contributed by atoms with Crippen molar-refractivity contribution in [2.45, 2.75) is 182 Å². The molecule has 1 amide bonds. The average molecular weight is 1070 g/mol. The van der Waals surface area contributed by atoms with Gasteiger partial charge < -0.3 is 104 Å². The number of ether oxygens (including phenoxy) is 8. The van der Waals surface area contributed by atoms with Crippen LogP contribution in [0.1, 0.15) is 71.1 Å². The molecule has 0 saturated carbocycles. The third kappa shape index (κ3) is 15.9. The second kappa shape index (κ2) is 29.1. The molecule has 0 aliphatic carbocycles. The fourth-order valence-corrected chi connectivity index (χ4v) is 12.0. The van der Waals surface area contributed by atoms with Crippen LogP contribution >= 0.6 is 23.5 Å². The van der Waals surface area contributed by atoms with Gasteiger partial charge in [-0.15, -0.1) is 6.58 Å². The van der Waals surface area contributed by atoms with E-state index in [2.05, 4.69) is 30.4 Å². The van der Waals surface area contributed by atoms with Crippen molar-refractivity contribution >= 4 is 29.4 Å². The normalized spacial score (nSPS) is 39.7. The van der Waals surface area contributed by atoms with E-state index >= 15 is 0 Å². The summed E-state index contributed by atoms with van der Waals surface area (Å²) in [4.78, 5) is 15.1. The molecule has 414 valence electrons. The topological polar surface area (TPSA) is 321 Å². The van der Waals surface area contributed by atoms with Gasteiger partial charge in [-0.2, -0.15) is 23.5 Å². The smallest absolute Gasteiger partial charge is 0.225 e. The van der Waals surface area contributed by atoms with E-state index < -0.39 is 136 Å². The molecule has 0 aromatic rings. The molecule has 12 fully saturated rings. The molecule has 22 nitrogen and oxygen atoms in total. The van der Waals surface area contributed by atoms with Gasteiger partial charge in [-0.25, -0.2) is 0 Å². The molecule has 0 aromatic carbocycles. The average Bonchev–Trinajstić information content (AvgIpc) is 3.36. The Kier molecular flexibility index (Phi) is 24.1. The van der Waals surface area contributed by atoms with Gasteiger partial charge in [-0.05, 0) is 63.4 Å². The number of amides is 1. The standard InChI is InChI=1S/C48H81N3O19S2/c1-25(2)11-12-34(54)51(23-49-26(3)13-17-71-21-32-28-9-5-7-15-63-45-41(61)37(57)43(30(19-52)65-45)69-47(67-32)39(59)35(28)55)24-50-27(4)14-18-72-22-33-29-10-6-8-16-64-46-42(62)38(58)44(31(20-53)66-46)70-48(68-33)40(60)36(29)56/h28-33,35-50,52-53,55-62H,1,3-24H2,2H3/t28?,29?,30?,31?,32?,33?,35-,36-,37+,38+,39?,40?,41?,42?,43?,44?,45-,46-,47+,48+/m0/s1. The second-order valence-electron chi connectivity index (χ2n) is 19.6. The molecular formula is C48H81N3O19S2. The molecule has 12 aliphatic heterocycles. The molecule has 12 aliphatic rings. The molecule has 12 unspecified atom stereocenters. The zero-order valence-electron chi connectivity index (χ0n) is 41.2. The Labute approximate surface area is 430 Å². The SMILES string of the molecule is C=C(C)CCC(=O)N(CNC(=C)CCSCC1O[C@@H]2OC3C(CO)O[C@H](OCCCCC1[C@H](O)C2O)C(O)[C@H]3O)CNC(=C)CCSCC1O[C@@H]2OC3C(CO)O[C@H](OCCCCC1[C@H](O)C2O)C(O)[C@H]3O. The van der Waals surface area contributed by atoms with Crippen molar-refractivity contribution in [3.8, 4) is 0 Å². The fourth-order valence-electron chi connectivity index (χ4n) is 9.72. The number of aliphatic hydroxyl groups excluding tert-OH is 10. The summed E-state index contributed by atoms with van der Waals surface area (Å²) in [6.07, 6.45) is -17.0.